The Hall–Kier alpha value is -0.750. The maximum absolute atomic E-state index is 12.0. The van der Waals surface area contributed by atoms with E-state index < -0.39 is 0 Å². The third-order valence-corrected chi connectivity index (χ3v) is 5.07. The van der Waals surface area contributed by atoms with Crippen molar-refractivity contribution >= 4 is 62.1 Å². The van der Waals surface area contributed by atoms with Gasteiger partial charge in [-0.05, 0) is 46.6 Å². The van der Waals surface area contributed by atoms with E-state index in [0.29, 0.717) is 17.8 Å². The molecule has 0 saturated carbocycles. The summed E-state index contributed by atoms with van der Waals surface area (Å²) in [5, 5.41) is 3.30. The number of nitrogen functional groups attached to an aromatic ring is 1. The summed E-state index contributed by atoms with van der Waals surface area (Å²) < 4.78 is 1.07. The van der Waals surface area contributed by atoms with Crippen molar-refractivity contribution in [1.82, 2.24) is 5.32 Å². The summed E-state index contributed by atoms with van der Waals surface area (Å²) in [6.45, 7) is 0.522. The molecule has 1 amide bonds. The van der Waals surface area contributed by atoms with Crippen LogP contribution in [0.3, 0.4) is 0 Å². The molecule has 1 aromatic heterocycles. The monoisotopic (exact) mass is 392 g/mol. The first-order valence-electron chi connectivity index (χ1n) is 5.74. The molecule has 7 heteroatoms. The number of carbonyl (C=O) groups is 1. The van der Waals surface area contributed by atoms with Crippen molar-refractivity contribution in [2.24, 2.45) is 0 Å². The fraction of sp³-hybridized carbons (Fsp3) is 0.154. The number of carbonyl (C=O) groups excluding carboxylic acids is 1. The minimum Gasteiger partial charge on any atom is -0.399 e. The van der Waals surface area contributed by atoms with Crippen LogP contribution in [0.25, 0.3) is 0 Å². The highest BCUT2D eigenvalue weighted by Gasteiger charge is 2.13. The predicted octanol–water partition coefficient (Wildman–Crippen LogP) is 4.37. The van der Waals surface area contributed by atoms with E-state index in [1.165, 1.54) is 17.0 Å². The lowest BCUT2D eigenvalue weighted by molar-refractivity contribution is 0.0954. The van der Waals surface area contributed by atoms with E-state index in [9.17, 15) is 4.79 Å². The van der Waals surface area contributed by atoms with Gasteiger partial charge in [-0.2, -0.15) is 0 Å². The van der Waals surface area contributed by atoms with Gasteiger partial charge in [-0.1, -0.05) is 23.2 Å². The number of nitrogens with one attached hydrogen (secondary N) is 1. The number of thiophene rings is 1. The molecule has 0 aliphatic rings. The molecule has 0 fully saturated rings. The molecule has 0 atom stereocenters. The molecule has 1 heterocycles. The van der Waals surface area contributed by atoms with Gasteiger partial charge in [0.1, 0.15) is 0 Å². The Morgan fingerprint density at radius 2 is 2.10 bits per heavy atom. The normalized spacial score (nSPS) is 10.6. The molecule has 0 aliphatic carbocycles. The lowest BCUT2D eigenvalue weighted by Gasteiger charge is -2.08. The third-order valence-electron chi connectivity index (χ3n) is 2.58. The predicted molar refractivity (Wildman–Crippen MR) is 88.9 cm³/mol. The van der Waals surface area contributed by atoms with Gasteiger partial charge in [0.05, 0.1) is 19.4 Å². The van der Waals surface area contributed by atoms with Crippen molar-refractivity contribution in [2.75, 3.05) is 12.3 Å². The topological polar surface area (TPSA) is 55.1 Å². The van der Waals surface area contributed by atoms with Gasteiger partial charge in [-0.3, -0.25) is 4.79 Å². The van der Waals surface area contributed by atoms with Crippen molar-refractivity contribution in [3.8, 4) is 0 Å². The lowest BCUT2D eigenvalue weighted by atomic mass is 10.2. The smallest absolute Gasteiger partial charge is 0.252 e. The van der Waals surface area contributed by atoms with Crippen LogP contribution in [0.2, 0.25) is 10.0 Å². The number of hydrogen-bond donors (Lipinski definition) is 2. The molecule has 0 spiro atoms. The molecule has 3 N–H and O–H groups in total. The van der Waals surface area contributed by atoms with Gasteiger partial charge in [0.2, 0.25) is 0 Å². The van der Waals surface area contributed by atoms with Gasteiger partial charge in [0.15, 0.2) is 0 Å². The Bertz CT molecular complexity index is 645. The Balaban J connectivity index is 1.98. The first-order valence-corrected chi connectivity index (χ1v) is 8.11. The molecule has 0 aliphatic heterocycles. The molecule has 20 heavy (non-hydrogen) atoms. The van der Waals surface area contributed by atoms with Crippen LogP contribution in [0, 0.1) is 0 Å². The van der Waals surface area contributed by atoms with Crippen molar-refractivity contribution in [3.05, 3.63) is 48.5 Å². The third kappa shape index (κ3) is 3.88. The summed E-state index contributed by atoms with van der Waals surface area (Å²) in [4.78, 5) is 13.2. The van der Waals surface area contributed by atoms with Gasteiger partial charge in [0.25, 0.3) is 5.91 Å². The summed E-state index contributed by atoms with van der Waals surface area (Å²) in [6, 6.07) is 7.04. The Morgan fingerprint density at radius 1 is 1.35 bits per heavy atom. The number of anilines is 1. The fourth-order valence-corrected chi connectivity index (χ4v) is 3.56. The second-order valence-corrected chi connectivity index (χ2v) is 7.41. The summed E-state index contributed by atoms with van der Waals surface area (Å²) >= 11 is 16.9. The Labute approximate surface area is 139 Å². The molecular weight excluding hydrogens is 383 g/mol. The molecule has 0 saturated heterocycles. The number of amides is 1. The van der Waals surface area contributed by atoms with Crippen LogP contribution in [0.1, 0.15) is 15.2 Å². The molecule has 0 bridgehead atoms. The van der Waals surface area contributed by atoms with Crippen molar-refractivity contribution < 1.29 is 4.79 Å². The van der Waals surface area contributed by atoms with Crippen LogP contribution in [-0.2, 0) is 6.42 Å². The van der Waals surface area contributed by atoms with Crippen molar-refractivity contribution in [3.63, 3.8) is 0 Å². The molecule has 0 unspecified atom stereocenters. The summed E-state index contributed by atoms with van der Waals surface area (Å²) in [5.74, 6) is -0.278. The lowest BCUT2D eigenvalue weighted by Crippen LogP contribution is -2.26. The highest BCUT2D eigenvalue weighted by atomic mass is 79.9. The molecule has 0 radical (unpaired) electrons. The average molecular weight is 394 g/mol. The van der Waals surface area contributed by atoms with Crippen LogP contribution in [0.15, 0.2) is 28.1 Å². The van der Waals surface area contributed by atoms with E-state index >= 15 is 0 Å². The van der Waals surface area contributed by atoms with E-state index in [1.807, 2.05) is 12.1 Å². The zero-order chi connectivity index (χ0) is 14.7. The first kappa shape index (κ1) is 15.6. The zero-order valence-electron chi connectivity index (χ0n) is 10.3. The molecule has 2 aromatic rings. The summed E-state index contributed by atoms with van der Waals surface area (Å²) in [6.07, 6.45) is 0.760. The highest BCUT2D eigenvalue weighted by molar-refractivity contribution is 9.11. The van der Waals surface area contributed by atoms with Crippen LogP contribution < -0.4 is 11.1 Å². The van der Waals surface area contributed by atoms with Crippen LogP contribution in [-0.4, -0.2) is 12.5 Å². The minimum atomic E-state index is -0.278. The average Bonchev–Trinajstić information content (AvgIpc) is 2.79. The van der Waals surface area contributed by atoms with E-state index in [4.69, 9.17) is 28.9 Å². The number of hydrogen-bond acceptors (Lipinski definition) is 3. The molecule has 106 valence electrons. The molecule has 3 nitrogen and oxygen atoms in total. The van der Waals surface area contributed by atoms with Gasteiger partial charge >= 0.3 is 0 Å². The second-order valence-electron chi connectivity index (χ2n) is 4.08. The van der Waals surface area contributed by atoms with Gasteiger partial charge in [-0.15, -0.1) is 11.3 Å². The molecule has 2 rings (SSSR count). The quantitative estimate of drug-likeness (QED) is 0.757. The maximum Gasteiger partial charge on any atom is 0.252 e. The van der Waals surface area contributed by atoms with E-state index in [-0.39, 0.29) is 16.0 Å². The summed E-state index contributed by atoms with van der Waals surface area (Å²) in [7, 11) is 0. The SMILES string of the molecule is Nc1cc(Cl)c(Cl)c(C(=O)NCCc2ccc(Br)s2)c1. The van der Waals surface area contributed by atoms with Crippen LogP contribution in [0.4, 0.5) is 5.69 Å². The van der Waals surface area contributed by atoms with Crippen molar-refractivity contribution in [1.29, 1.82) is 0 Å². The number of halogens is 3. The highest BCUT2D eigenvalue weighted by Crippen LogP contribution is 2.28. The standard InChI is InChI=1S/C13H11BrCl2N2OS/c14-11-2-1-8(20-11)3-4-18-13(19)9-5-7(17)6-10(15)12(9)16/h1-2,5-6H,3-4,17H2,(H,18,19). The number of nitrogens with two attached hydrogens (primary N) is 1. The van der Waals surface area contributed by atoms with Crippen molar-refractivity contribution in [2.45, 2.75) is 6.42 Å². The van der Waals surface area contributed by atoms with Gasteiger partial charge in [-0.25, -0.2) is 0 Å². The zero-order valence-corrected chi connectivity index (χ0v) is 14.2. The largest absolute Gasteiger partial charge is 0.399 e. The van der Waals surface area contributed by atoms with E-state index in [1.54, 1.807) is 11.3 Å². The fourth-order valence-electron chi connectivity index (χ4n) is 1.66. The van der Waals surface area contributed by atoms with E-state index in [0.717, 1.165) is 10.2 Å². The number of benzene rings is 1. The van der Waals surface area contributed by atoms with Crippen LogP contribution in [0.5, 0.6) is 0 Å². The first-order chi connectivity index (χ1) is 9.47. The maximum atomic E-state index is 12.0. The Kier molecular flexibility index (Phi) is 5.32. The summed E-state index contributed by atoms with van der Waals surface area (Å²) in [5.41, 5.74) is 6.37. The molecular formula is C13H11BrCl2N2OS. The second kappa shape index (κ2) is 6.80. The van der Waals surface area contributed by atoms with Gasteiger partial charge in [0, 0.05) is 17.1 Å². The minimum absolute atomic E-state index is 0.220. The van der Waals surface area contributed by atoms with E-state index in [2.05, 4.69) is 21.2 Å². The number of rotatable bonds is 4. The van der Waals surface area contributed by atoms with Crippen LogP contribution >= 0.6 is 50.5 Å². The molecule has 1 aromatic carbocycles. The Morgan fingerprint density at radius 3 is 2.75 bits per heavy atom. The van der Waals surface area contributed by atoms with Gasteiger partial charge < -0.3 is 11.1 Å².